The van der Waals surface area contributed by atoms with E-state index >= 15 is 0 Å². The second-order valence-corrected chi connectivity index (χ2v) is 5.71. The lowest BCUT2D eigenvalue weighted by Crippen LogP contribution is -1.96. The lowest BCUT2D eigenvalue weighted by Gasteiger charge is -2.13. The Kier molecular flexibility index (Phi) is 3.86. The molecule has 0 saturated heterocycles. The van der Waals surface area contributed by atoms with Gasteiger partial charge < -0.3 is 0 Å². The molecule has 0 aromatic heterocycles. The van der Waals surface area contributed by atoms with Crippen molar-refractivity contribution in [3.05, 3.63) is 70.0 Å². The predicted molar refractivity (Wildman–Crippen MR) is 77.8 cm³/mol. The Morgan fingerprint density at radius 1 is 0.889 bits per heavy atom. The average molecular weight is 307 g/mol. The molecule has 2 rings (SSSR count). The number of hydrogen-bond donors (Lipinski definition) is 0. The number of aryl methyl sites for hydroxylation is 3. The summed E-state index contributed by atoms with van der Waals surface area (Å²) in [7, 11) is 0. The molecule has 94 valence electrons. The number of alkyl halides is 1. The van der Waals surface area contributed by atoms with E-state index in [4.69, 9.17) is 0 Å². The Balaban J connectivity index is 2.40. The minimum Gasteiger partial charge on any atom is -0.207 e. The minimum atomic E-state index is -0.154. The summed E-state index contributed by atoms with van der Waals surface area (Å²) in [5, 5.41) is 0. The smallest absolute Gasteiger partial charge is 0.126 e. The normalized spacial score (nSPS) is 12.5. The van der Waals surface area contributed by atoms with Gasteiger partial charge in [-0.25, -0.2) is 4.39 Å². The third kappa shape index (κ3) is 2.81. The summed E-state index contributed by atoms with van der Waals surface area (Å²) >= 11 is 3.70. The molecule has 0 amide bonds. The van der Waals surface area contributed by atoms with Gasteiger partial charge in [-0.3, -0.25) is 0 Å². The highest BCUT2D eigenvalue weighted by Gasteiger charge is 2.12. The molecule has 18 heavy (non-hydrogen) atoms. The van der Waals surface area contributed by atoms with E-state index in [9.17, 15) is 4.39 Å². The molecule has 0 aliphatic carbocycles. The Bertz CT molecular complexity index is 555. The third-order valence-corrected chi connectivity index (χ3v) is 4.07. The average Bonchev–Trinajstić information content (AvgIpc) is 2.30. The van der Waals surface area contributed by atoms with Gasteiger partial charge in [0.1, 0.15) is 5.82 Å². The highest BCUT2D eigenvalue weighted by atomic mass is 79.9. The van der Waals surface area contributed by atoms with Crippen LogP contribution in [0.15, 0.2) is 36.4 Å². The summed E-state index contributed by atoms with van der Waals surface area (Å²) < 4.78 is 13.3. The van der Waals surface area contributed by atoms with Crippen molar-refractivity contribution in [2.24, 2.45) is 0 Å². The summed E-state index contributed by atoms with van der Waals surface area (Å²) in [5.74, 6) is -0.154. The maximum absolute atomic E-state index is 13.3. The summed E-state index contributed by atoms with van der Waals surface area (Å²) in [4.78, 5) is 0.107. The third-order valence-electron chi connectivity index (χ3n) is 3.01. The van der Waals surface area contributed by atoms with Gasteiger partial charge in [-0.2, -0.15) is 0 Å². The largest absolute Gasteiger partial charge is 0.207 e. The Morgan fingerprint density at radius 2 is 1.50 bits per heavy atom. The van der Waals surface area contributed by atoms with Gasteiger partial charge in [-0.05, 0) is 43.5 Å². The lowest BCUT2D eigenvalue weighted by molar-refractivity contribution is 0.618. The van der Waals surface area contributed by atoms with Crippen LogP contribution < -0.4 is 0 Å². The Labute approximate surface area is 116 Å². The van der Waals surface area contributed by atoms with Gasteiger partial charge in [0.2, 0.25) is 0 Å². The molecule has 0 heterocycles. The fraction of sp³-hybridized carbons (Fsp3) is 0.250. The van der Waals surface area contributed by atoms with Crippen molar-refractivity contribution in [3.8, 4) is 0 Å². The molecule has 2 heteroatoms. The molecule has 0 aliphatic rings. The molecule has 0 radical (unpaired) electrons. The van der Waals surface area contributed by atoms with Gasteiger partial charge in [-0.1, -0.05) is 57.4 Å². The van der Waals surface area contributed by atoms with E-state index in [1.165, 1.54) is 22.8 Å². The van der Waals surface area contributed by atoms with E-state index in [0.29, 0.717) is 5.56 Å². The zero-order valence-electron chi connectivity index (χ0n) is 10.8. The van der Waals surface area contributed by atoms with E-state index in [0.717, 1.165) is 5.56 Å². The van der Waals surface area contributed by atoms with Crippen molar-refractivity contribution in [3.63, 3.8) is 0 Å². The zero-order chi connectivity index (χ0) is 13.3. The molecule has 1 atom stereocenters. The number of rotatable bonds is 2. The lowest BCUT2D eigenvalue weighted by atomic mass is 9.99. The van der Waals surface area contributed by atoms with Crippen LogP contribution in [-0.4, -0.2) is 0 Å². The van der Waals surface area contributed by atoms with Crippen molar-refractivity contribution in [2.75, 3.05) is 0 Å². The minimum absolute atomic E-state index is 0.107. The van der Waals surface area contributed by atoms with Crippen molar-refractivity contribution >= 4 is 15.9 Å². The first kappa shape index (κ1) is 13.3. The van der Waals surface area contributed by atoms with Crippen molar-refractivity contribution in [1.82, 2.24) is 0 Å². The molecular formula is C16H16BrF. The topological polar surface area (TPSA) is 0 Å². The molecular weight excluding hydrogens is 291 g/mol. The maximum Gasteiger partial charge on any atom is 0.126 e. The van der Waals surface area contributed by atoms with Gasteiger partial charge in [0.05, 0.1) is 4.83 Å². The molecule has 2 aromatic carbocycles. The molecule has 0 N–H and O–H groups in total. The van der Waals surface area contributed by atoms with Gasteiger partial charge in [-0.15, -0.1) is 0 Å². The van der Waals surface area contributed by atoms with Crippen molar-refractivity contribution in [2.45, 2.75) is 25.6 Å². The quantitative estimate of drug-likeness (QED) is 0.666. The molecule has 0 spiro atoms. The summed E-state index contributed by atoms with van der Waals surface area (Å²) in [6.45, 7) is 5.97. The van der Waals surface area contributed by atoms with Crippen molar-refractivity contribution < 1.29 is 4.39 Å². The van der Waals surface area contributed by atoms with Gasteiger partial charge in [0.25, 0.3) is 0 Å². The predicted octanol–water partition coefficient (Wildman–Crippen LogP) is 5.24. The first-order valence-corrected chi connectivity index (χ1v) is 6.87. The van der Waals surface area contributed by atoms with Crippen LogP contribution in [0, 0.1) is 26.6 Å². The Hall–Kier alpha value is -1.15. The van der Waals surface area contributed by atoms with E-state index < -0.39 is 0 Å². The van der Waals surface area contributed by atoms with Crippen molar-refractivity contribution in [1.29, 1.82) is 0 Å². The van der Waals surface area contributed by atoms with Crippen LogP contribution in [0.2, 0.25) is 0 Å². The van der Waals surface area contributed by atoms with Crippen LogP contribution in [0.25, 0.3) is 0 Å². The number of halogens is 2. The number of hydrogen-bond acceptors (Lipinski definition) is 0. The summed E-state index contributed by atoms with van der Waals surface area (Å²) in [6, 6.07) is 11.7. The fourth-order valence-corrected chi connectivity index (χ4v) is 2.72. The monoisotopic (exact) mass is 306 g/mol. The number of benzene rings is 2. The highest BCUT2D eigenvalue weighted by molar-refractivity contribution is 9.09. The van der Waals surface area contributed by atoms with Gasteiger partial charge >= 0.3 is 0 Å². The molecule has 0 nitrogen and oxygen atoms in total. The Morgan fingerprint density at radius 3 is 2.06 bits per heavy atom. The van der Waals surface area contributed by atoms with Gasteiger partial charge in [0.15, 0.2) is 0 Å². The summed E-state index contributed by atoms with van der Waals surface area (Å²) in [5.41, 5.74) is 5.46. The molecule has 2 aromatic rings. The second-order valence-electron chi connectivity index (χ2n) is 4.79. The van der Waals surface area contributed by atoms with Crippen LogP contribution in [0.4, 0.5) is 4.39 Å². The molecule has 1 unspecified atom stereocenters. The SMILES string of the molecule is Cc1cc(C)cc(C(Br)c2ccc(F)c(C)c2)c1. The highest BCUT2D eigenvalue weighted by Crippen LogP contribution is 2.32. The molecule has 0 saturated carbocycles. The van der Waals surface area contributed by atoms with E-state index in [1.807, 2.05) is 12.1 Å². The summed E-state index contributed by atoms with van der Waals surface area (Å²) in [6.07, 6.45) is 0. The van der Waals surface area contributed by atoms with Crippen LogP contribution in [0.3, 0.4) is 0 Å². The second kappa shape index (κ2) is 5.23. The van der Waals surface area contributed by atoms with Crippen LogP contribution in [0.5, 0.6) is 0 Å². The first-order chi connectivity index (χ1) is 8.47. The van der Waals surface area contributed by atoms with E-state index in [2.05, 4.69) is 48.0 Å². The van der Waals surface area contributed by atoms with Crippen LogP contribution in [0.1, 0.15) is 32.6 Å². The van der Waals surface area contributed by atoms with Gasteiger partial charge in [0, 0.05) is 0 Å². The van der Waals surface area contributed by atoms with E-state index in [1.54, 1.807) is 6.92 Å². The molecule has 0 bridgehead atoms. The fourth-order valence-electron chi connectivity index (χ4n) is 2.17. The van der Waals surface area contributed by atoms with Crippen LogP contribution in [-0.2, 0) is 0 Å². The van der Waals surface area contributed by atoms with Crippen LogP contribution >= 0.6 is 15.9 Å². The maximum atomic E-state index is 13.3. The van der Waals surface area contributed by atoms with E-state index in [-0.39, 0.29) is 10.6 Å². The first-order valence-electron chi connectivity index (χ1n) is 5.95. The molecule has 0 aliphatic heterocycles. The standard InChI is InChI=1S/C16H16BrF/c1-10-6-11(2)8-14(7-10)16(17)13-4-5-15(18)12(3)9-13/h4-9,16H,1-3H3. The molecule has 0 fully saturated rings. The zero-order valence-corrected chi connectivity index (χ0v) is 12.4.